The summed E-state index contributed by atoms with van der Waals surface area (Å²) in [5.74, 6) is 0.150. The van der Waals surface area contributed by atoms with E-state index in [0.29, 0.717) is 23.8 Å². The molecule has 6 aromatic rings. The Hall–Kier alpha value is -5.27. The van der Waals surface area contributed by atoms with Gasteiger partial charge in [0.15, 0.2) is 0 Å². The van der Waals surface area contributed by atoms with E-state index in [4.69, 9.17) is 4.74 Å². The Morgan fingerprint density at radius 1 is 0.673 bits per heavy atom. The molecule has 0 aliphatic carbocycles. The number of carbonyl (C=O) groups is 1. The normalized spacial score (nSPS) is 13.2. The second-order valence-corrected chi connectivity index (χ2v) is 13.4. The zero-order chi connectivity index (χ0) is 37.2. The maximum Gasteiger partial charge on any atom is 0.255 e. The molecule has 7 rings (SSSR count). The minimum atomic E-state index is -0.0887. The standard InChI is InChI=1S/C25H28N2O2.C18H17NO2.C2H6/c1-17-8-4-5-9-20(17)23-16-26-24(28)22-15-19(10-11-21(22)23)14-18(2)25(29)27-12-6-3-7-13-27;1-12-5-3-4-6-14(12)17-10-19-18(20)16-9-13(11-21-2)7-8-15(16)17;1-2/h4-5,8-11,15-16,18H,3,6-7,12-14H2,1-2H3,(H,26,28);3-10H,11H2,1-2H3,(H,19,20);1-2H3. The van der Waals surface area contributed by atoms with Gasteiger partial charge in [0.25, 0.3) is 11.1 Å². The van der Waals surface area contributed by atoms with Crippen molar-refractivity contribution >= 4 is 27.5 Å². The Morgan fingerprint density at radius 3 is 1.65 bits per heavy atom. The zero-order valence-corrected chi connectivity index (χ0v) is 31.3. The number of hydrogen-bond acceptors (Lipinski definition) is 4. The largest absolute Gasteiger partial charge is 0.380 e. The van der Waals surface area contributed by atoms with Gasteiger partial charge < -0.3 is 19.6 Å². The fourth-order valence-corrected chi connectivity index (χ4v) is 7.06. The molecule has 7 heteroatoms. The highest BCUT2D eigenvalue weighted by molar-refractivity contribution is 5.97. The van der Waals surface area contributed by atoms with E-state index in [9.17, 15) is 14.4 Å². The van der Waals surface area contributed by atoms with Crippen LogP contribution in [0.4, 0.5) is 0 Å². The summed E-state index contributed by atoms with van der Waals surface area (Å²) >= 11 is 0. The van der Waals surface area contributed by atoms with Crippen LogP contribution in [0.5, 0.6) is 0 Å². The molecule has 1 unspecified atom stereocenters. The van der Waals surface area contributed by atoms with E-state index in [0.717, 1.165) is 70.1 Å². The number of aryl methyl sites for hydroxylation is 2. The van der Waals surface area contributed by atoms with Crippen molar-refractivity contribution in [1.29, 1.82) is 0 Å². The lowest BCUT2D eigenvalue weighted by molar-refractivity contribution is -0.135. The van der Waals surface area contributed by atoms with Gasteiger partial charge in [0.1, 0.15) is 0 Å². The number of ether oxygens (including phenoxy) is 1. The third-order valence-electron chi connectivity index (χ3n) is 9.75. The molecular weight excluding hydrogens is 647 g/mol. The van der Waals surface area contributed by atoms with Gasteiger partial charge in [-0.3, -0.25) is 14.4 Å². The SMILES string of the molecule is CC.COCc1ccc2c(-c3ccccc3C)c[nH]c(=O)c2c1.Cc1ccccc1-c1c[nH]c(=O)c2cc(CC(C)C(=O)N3CCCCC3)ccc12. The first-order valence-corrected chi connectivity index (χ1v) is 18.4. The van der Waals surface area contributed by atoms with Crippen LogP contribution in [0.1, 0.15) is 62.3 Å². The minimum absolute atomic E-state index is 0.0692. The van der Waals surface area contributed by atoms with Crippen molar-refractivity contribution in [1.82, 2.24) is 14.9 Å². The number of H-pyrrole nitrogens is 2. The lowest BCUT2D eigenvalue weighted by Gasteiger charge is -2.29. The van der Waals surface area contributed by atoms with Gasteiger partial charge in [0.2, 0.25) is 5.91 Å². The van der Waals surface area contributed by atoms with Gasteiger partial charge in [-0.2, -0.15) is 0 Å². The Labute approximate surface area is 306 Å². The molecule has 1 amide bonds. The fraction of sp³-hybridized carbons (Fsp3) is 0.311. The van der Waals surface area contributed by atoms with Gasteiger partial charge in [-0.25, -0.2) is 0 Å². The maximum atomic E-state index is 12.8. The second-order valence-electron chi connectivity index (χ2n) is 13.4. The van der Waals surface area contributed by atoms with Crippen LogP contribution < -0.4 is 11.1 Å². The van der Waals surface area contributed by atoms with E-state index >= 15 is 0 Å². The predicted octanol–water partition coefficient (Wildman–Crippen LogP) is 9.37. The van der Waals surface area contributed by atoms with Gasteiger partial charge in [-0.15, -0.1) is 0 Å². The number of likely N-dealkylation sites (tertiary alicyclic amines) is 1. The maximum absolute atomic E-state index is 12.8. The first kappa shape index (κ1) is 38.0. The number of carbonyl (C=O) groups excluding carboxylic acids is 1. The number of amides is 1. The Kier molecular flexibility index (Phi) is 13.0. The third kappa shape index (κ3) is 8.60. The smallest absolute Gasteiger partial charge is 0.255 e. The molecule has 2 aromatic heterocycles. The van der Waals surface area contributed by atoms with Crippen molar-refractivity contribution < 1.29 is 9.53 Å². The molecule has 1 atom stereocenters. The average molecular weight is 698 g/mol. The number of aromatic nitrogens is 2. The highest BCUT2D eigenvalue weighted by Crippen LogP contribution is 2.31. The molecule has 4 aromatic carbocycles. The van der Waals surface area contributed by atoms with Crippen molar-refractivity contribution in [3.05, 3.63) is 140 Å². The van der Waals surface area contributed by atoms with Crippen molar-refractivity contribution in [2.24, 2.45) is 5.92 Å². The van der Waals surface area contributed by atoms with Crippen molar-refractivity contribution in [2.75, 3.05) is 20.2 Å². The van der Waals surface area contributed by atoms with E-state index < -0.39 is 0 Å². The molecule has 7 nitrogen and oxygen atoms in total. The summed E-state index contributed by atoms with van der Waals surface area (Å²) in [5, 5.41) is 3.29. The number of pyridine rings is 2. The molecule has 1 aliphatic heterocycles. The molecule has 270 valence electrons. The molecule has 52 heavy (non-hydrogen) atoms. The van der Waals surface area contributed by atoms with Crippen molar-refractivity contribution in [3.8, 4) is 22.3 Å². The van der Waals surface area contributed by atoms with E-state index in [1.165, 1.54) is 17.5 Å². The summed E-state index contributed by atoms with van der Waals surface area (Å²) < 4.78 is 5.14. The number of rotatable bonds is 7. The summed E-state index contributed by atoms with van der Waals surface area (Å²) in [6.07, 6.45) is 7.67. The summed E-state index contributed by atoms with van der Waals surface area (Å²) in [5.41, 5.74) is 8.56. The molecular formula is C45H51N3O4. The Balaban J connectivity index is 0.000000201. The fourth-order valence-electron chi connectivity index (χ4n) is 7.06. The van der Waals surface area contributed by atoms with Crippen LogP contribution in [-0.2, 0) is 22.6 Å². The molecule has 0 bridgehead atoms. The first-order valence-electron chi connectivity index (χ1n) is 18.4. The highest BCUT2D eigenvalue weighted by Gasteiger charge is 2.22. The number of methoxy groups -OCH3 is 1. The van der Waals surface area contributed by atoms with Gasteiger partial charge in [-0.1, -0.05) is 93.6 Å². The predicted molar refractivity (Wildman–Crippen MR) is 215 cm³/mol. The van der Waals surface area contributed by atoms with Crippen LogP contribution in [0.3, 0.4) is 0 Å². The zero-order valence-electron chi connectivity index (χ0n) is 31.3. The van der Waals surface area contributed by atoms with Gasteiger partial charge in [0.05, 0.1) is 6.61 Å². The van der Waals surface area contributed by atoms with Crippen molar-refractivity contribution in [2.45, 2.75) is 66.9 Å². The Bertz CT molecular complexity index is 2260. The minimum Gasteiger partial charge on any atom is -0.380 e. The topological polar surface area (TPSA) is 95.3 Å². The number of nitrogens with zero attached hydrogens (tertiary/aromatic N) is 1. The average Bonchev–Trinajstić information content (AvgIpc) is 3.17. The van der Waals surface area contributed by atoms with E-state index in [1.807, 2.05) is 80.3 Å². The molecule has 3 heterocycles. The monoisotopic (exact) mass is 697 g/mol. The van der Waals surface area contributed by atoms with Crippen LogP contribution in [0.25, 0.3) is 43.8 Å². The lowest BCUT2D eigenvalue weighted by Crippen LogP contribution is -2.39. The number of nitrogens with one attached hydrogen (secondary N) is 2. The number of fused-ring (bicyclic) bond motifs is 2. The molecule has 1 fully saturated rings. The van der Waals surface area contributed by atoms with Gasteiger partial charge in [-0.05, 0) is 95.8 Å². The van der Waals surface area contributed by atoms with Gasteiger partial charge in [0, 0.05) is 60.4 Å². The summed E-state index contributed by atoms with van der Waals surface area (Å²) in [7, 11) is 1.65. The van der Waals surface area contributed by atoms with E-state index in [1.54, 1.807) is 19.5 Å². The van der Waals surface area contributed by atoms with Crippen LogP contribution in [0.15, 0.2) is 107 Å². The van der Waals surface area contributed by atoms with E-state index in [-0.39, 0.29) is 22.9 Å². The lowest BCUT2D eigenvalue weighted by atomic mass is 9.93. The van der Waals surface area contributed by atoms with Crippen LogP contribution in [0, 0.1) is 19.8 Å². The second kappa shape index (κ2) is 17.8. The quantitative estimate of drug-likeness (QED) is 0.174. The molecule has 0 radical (unpaired) electrons. The molecule has 0 saturated carbocycles. The van der Waals surface area contributed by atoms with Crippen molar-refractivity contribution in [3.63, 3.8) is 0 Å². The Morgan fingerprint density at radius 2 is 1.15 bits per heavy atom. The van der Waals surface area contributed by atoms with Crippen LogP contribution in [-0.4, -0.2) is 41.0 Å². The molecule has 2 N–H and O–H groups in total. The van der Waals surface area contributed by atoms with Gasteiger partial charge >= 0.3 is 0 Å². The summed E-state index contributed by atoms with van der Waals surface area (Å²) in [6, 6.07) is 28.3. The molecule has 1 aliphatic rings. The number of benzene rings is 4. The molecule has 0 spiro atoms. The summed E-state index contributed by atoms with van der Waals surface area (Å²) in [4.78, 5) is 45.1. The third-order valence-corrected chi connectivity index (χ3v) is 9.75. The van der Waals surface area contributed by atoms with Crippen LogP contribution in [0.2, 0.25) is 0 Å². The van der Waals surface area contributed by atoms with E-state index in [2.05, 4.69) is 54.1 Å². The highest BCUT2D eigenvalue weighted by atomic mass is 16.5. The number of hydrogen-bond donors (Lipinski definition) is 2. The molecule has 1 saturated heterocycles. The first-order chi connectivity index (χ1) is 25.2. The van der Waals surface area contributed by atoms with Crippen LogP contribution >= 0.6 is 0 Å². The number of piperidine rings is 1. The number of aromatic amines is 2. The summed E-state index contributed by atoms with van der Waals surface area (Å²) in [6.45, 7) is 12.4.